The summed E-state index contributed by atoms with van der Waals surface area (Å²) < 4.78 is 39.2. The number of alkyl halides is 3. The van der Waals surface area contributed by atoms with Crippen molar-refractivity contribution in [3.63, 3.8) is 0 Å². The summed E-state index contributed by atoms with van der Waals surface area (Å²) in [5.41, 5.74) is -4.31. The SMILES string of the molecule is CN(c1c([N+](=O)[O-])cc(C(F)(F)F)c(Cl)c1[N+](=O)[O-])N1CCCCC1. The maximum absolute atomic E-state index is 13.1. The molecule has 1 aliphatic rings. The van der Waals surface area contributed by atoms with Crippen LogP contribution < -0.4 is 5.01 Å². The second-order valence-corrected chi connectivity index (χ2v) is 5.88. The zero-order chi connectivity index (χ0) is 18.9. The smallest absolute Gasteiger partial charge is 0.297 e. The van der Waals surface area contributed by atoms with Crippen molar-refractivity contribution in [2.45, 2.75) is 25.4 Å². The van der Waals surface area contributed by atoms with Gasteiger partial charge in [-0.1, -0.05) is 18.0 Å². The van der Waals surface area contributed by atoms with Crippen LogP contribution in [0.2, 0.25) is 5.02 Å². The number of piperidine rings is 1. The van der Waals surface area contributed by atoms with E-state index in [4.69, 9.17) is 11.6 Å². The third-order valence-corrected chi connectivity index (χ3v) is 4.34. The number of halogens is 4. The van der Waals surface area contributed by atoms with Gasteiger partial charge in [-0.05, 0) is 12.8 Å². The average Bonchev–Trinajstić information content (AvgIpc) is 2.52. The number of anilines is 1. The Morgan fingerprint density at radius 2 is 1.72 bits per heavy atom. The lowest BCUT2D eigenvalue weighted by molar-refractivity contribution is -0.393. The Labute approximate surface area is 145 Å². The van der Waals surface area contributed by atoms with Gasteiger partial charge in [0.1, 0.15) is 5.02 Å². The first kappa shape index (κ1) is 19.2. The van der Waals surface area contributed by atoms with Gasteiger partial charge in [-0.2, -0.15) is 13.2 Å². The van der Waals surface area contributed by atoms with Gasteiger partial charge in [-0.15, -0.1) is 0 Å². The van der Waals surface area contributed by atoms with E-state index in [0.29, 0.717) is 13.1 Å². The highest BCUT2D eigenvalue weighted by Crippen LogP contribution is 2.49. The molecule has 1 fully saturated rings. The van der Waals surface area contributed by atoms with Crippen molar-refractivity contribution >= 4 is 28.7 Å². The van der Waals surface area contributed by atoms with Crippen molar-refractivity contribution in [3.8, 4) is 0 Å². The van der Waals surface area contributed by atoms with Crippen molar-refractivity contribution in [2.75, 3.05) is 25.1 Å². The van der Waals surface area contributed by atoms with Gasteiger partial charge in [-0.3, -0.25) is 25.2 Å². The normalized spacial score (nSPS) is 15.9. The minimum Gasteiger partial charge on any atom is -0.297 e. The van der Waals surface area contributed by atoms with Crippen LogP contribution in [0.3, 0.4) is 0 Å². The molecule has 1 saturated heterocycles. The summed E-state index contributed by atoms with van der Waals surface area (Å²) in [5, 5.41) is 24.3. The summed E-state index contributed by atoms with van der Waals surface area (Å²) in [4.78, 5) is 20.5. The molecule has 1 aromatic carbocycles. The van der Waals surface area contributed by atoms with E-state index >= 15 is 0 Å². The fraction of sp³-hybridized carbons (Fsp3) is 0.538. The van der Waals surface area contributed by atoms with Crippen molar-refractivity contribution < 1.29 is 23.0 Å². The summed E-state index contributed by atoms with van der Waals surface area (Å²) in [6, 6.07) is 0.241. The number of benzene rings is 1. The van der Waals surface area contributed by atoms with Gasteiger partial charge in [-0.25, -0.2) is 5.01 Å². The topological polar surface area (TPSA) is 92.8 Å². The minimum absolute atomic E-state index is 0.241. The minimum atomic E-state index is -5.06. The summed E-state index contributed by atoms with van der Waals surface area (Å²) in [5.74, 6) is 0. The average molecular weight is 383 g/mol. The van der Waals surface area contributed by atoms with Crippen LogP contribution in [0.25, 0.3) is 0 Å². The van der Waals surface area contributed by atoms with Crippen LogP contribution in [-0.4, -0.2) is 35.0 Å². The Balaban J connectivity index is 2.73. The molecule has 1 aliphatic heterocycles. The molecule has 2 rings (SSSR count). The monoisotopic (exact) mass is 382 g/mol. The fourth-order valence-corrected chi connectivity index (χ4v) is 3.09. The van der Waals surface area contributed by atoms with Gasteiger partial charge < -0.3 is 0 Å². The van der Waals surface area contributed by atoms with E-state index in [0.717, 1.165) is 24.3 Å². The van der Waals surface area contributed by atoms with Gasteiger partial charge in [0, 0.05) is 26.2 Å². The quantitative estimate of drug-likeness (QED) is 0.577. The number of nitro groups is 2. The van der Waals surface area contributed by atoms with E-state index in [-0.39, 0.29) is 6.07 Å². The van der Waals surface area contributed by atoms with Crippen molar-refractivity contribution in [1.82, 2.24) is 5.01 Å². The number of hydrogen-bond acceptors (Lipinski definition) is 6. The molecule has 8 nitrogen and oxygen atoms in total. The molecule has 0 aromatic heterocycles. The van der Waals surface area contributed by atoms with E-state index in [1.807, 2.05) is 0 Å². The first-order valence-electron chi connectivity index (χ1n) is 7.26. The summed E-state index contributed by atoms with van der Waals surface area (Å²) in [6.45, 7) is 0.951. The van der Waals surface area contributed by atoms with Crippen LogP contribution in [0, 0.1) is 20.2 Å². The second-order valence-electron chi connectivity index (χ2n) is 5.50. The molecule has 0 unspecified atom stereocenters. The molecule has 0 aliphatic carbocycles. The molecule has 0 atom stereocenters. The molecule has 0 bridgehead atoms. The molecule has 0 N–H and O–H groups in total. The molecule has 0 amide bonds. The van der Waals surface area contributed by atoms with E-state index in [1.54, 1.807) is 5.01 Å². The Morgan fingerprint density at radius 1 is 1.16 bits per heavy atom. The molecular weight excluding hydrogens is 369 g/mol. The first-order chi connectivity index (χ1) is 11.6. The van der Waals surface area contributed by atoms with Gasteiger partial charge in [0.15, 0.2) is 0 Å². The Bertz CT molecular complexity index is 707. The summed E-state index contributed by atoms with van der Waals surface area (Å²) in [7, 11) is 1.34. The molecule has 1 heterocycles. The van der Waals surface area contributed by atoms with E-state index < -0.39 is 43.7 Å². The van der Waals surface area contributed by atoms with Crippen molar-refractivity contribution in [3.05, 3.63) is 36.9 Å². The number of hydrogen-bond donors (Lipinski definition) is 0. The van der Waals surface area contributed by atoms with Crippen LogP contribution in [0.1, 0.15) is 24.8 Å². The van der Waals surface area contributed by atoms with Crippen molar-refractivity contribution in [2.24, 2.45) is 0 Å². The van der Waals surface area contributed by atoms with Gasteiger partial charge >= 0.3 is 17.6 Å². The Kier molecular flexibility index (Phi) is 5.37. The standard InChI is InChI=1S/C13H14ClF3N4O4/c1-18(19-5-3-2-4-6-19)11-9(20(22)23)7-8(13(15,16)17)10(14)12(11)21(24)25/h7H,2-6H2,1H3. The first-order valence-corrected chi connectivity index (χ1v) is 7.64. The maximum Gasteiger partial charge on any atom is 0.418 e. The molecule has 1 aromatic rings. The van der Waals surface area contributed by atoms with E-state index in [9.17, 15) is 33.4 Å². The lowest BCUT2D eigenvalue weighted by Gasteiger charge is -2.35. The summed E-state index contributed by atoms with van der Waals surface area (Å²) >= 11 is 5.62. The largest absolute Gasteiger partial charge is 0.418 e. The zero-order valence-corrected chi connectivity index (χ0v) is 13.8. The molecule has 0 radical (unpaired) electrons. The lowest BCUT2D eigenvalue weighted by atomic mass is 10.1. The van der Waals surface area contributed by atoms with Crippen LogP contribution in [0.4, 0.5) is 30.2 Å². The van der Waals surface area contributed by atoms with Crippen LogP contribution in [0.5, 0.6) is 0 Å². The van der Waals surface area contributed by atoms with Crippen LogP contribution in [0.15, 0.2) is 6.07 Å². The van der Waals surface area contributed by atoms with Gasteiger partial charge in [0.05, 0.1) is 15.4 Å². The number of nitrogens with zero attached hydrogens (tertiary/aromatic N) is 4. The van der Waals surface area contributed by atoms with E-state index in [1.165, 1.54) is 7.05 Å². The van der Waals surface area contributed by atoms with E-state index in [2.05, 4.69) is 0 Å². The third kappa shape index (κ3) is 3.76. The predicted molar refractivity (Wildman–Crippen MR) is 83.6 cm³/mol. The van der Waals surface area contributed by atoms with Crippen molar-refractivity contribution in [1.29, 1.82) is 0 Å². The second kappa shape index (κ2) is 7.00. The fourth-order valence-electron chi connectivity index (χ4n) is 2.77. The highest BCUT2D eigenvalue weighted by molar-refractivity contribution is 6.34. The van der Waals surface area contributed by atoms with Gasteiger partial charge in [0.2, 0.25) is 5.69 Å². The zero-order valence-electron chi connectivity index (χ0n) is 13.0. The molecule has 0 spiro atoms. The number of rotatable bonds is 4. The number of nitro benzene ring substituents is 2. The maximum atomic E-state index is 13.1. The molecule has 0 saturated carbocycles. The van der Waals surface area contributed by atoms with Crippen LogP contribution >= 0.6 is 11.6 Å². The Morgan fingerprint density at radius 3 is 2.16 bits per heavy atom. The molecule has 138 valence electrons. The summed E-state index contributed by atoms with van der Waals surface area (Å²) in [6.07, 6.45) is -2.60. The highest BCUT2D eigenvalue weighted by Gasteiger charge is 2.43. The van der Waals surface area contributed by atoms with Gasteiger partial charge in [0.25, 0.3) is 0 Å². The highest BCUT2D eigenvalue weighted by atomic mass is 35.5. The third-order valence-electron chi connectivity index (χ3n) is 3.96. The molecule has 12 heteroatoms. The predicted octanol–water partition coefficient (Wildman–Crippen LogP) is 4.01. The molecule has 25 heavy (non-hydrogen) atoms. The Hall–Kier alpha value is -2.14. The number of hydrazine groups is 1. The molecular formula is C13H14ClF3N4O4. The van der Waals surface area contributed by atoms with Crippen LogP contribution in [-0.2, 0) is 6.18 Å². The lowest BCUT2D eigenvalue weighted by Crippen LogP contribution is -2.43.